The van der Waals surface area contributed by atoms with Gasteiger partial charge in [-0.1, -0.05) is 17.7 Å². The molecule has 0 saturated carbocycles. The van der Waals surface area contributed by atoms with Crippen molar-refractivity contribution < 1.29 is 13.9 Å². The topological polar surface area (TPSA) is 38.3 Å². The second kappa shape index (κ2) is 5.09. The van der Waals surface area contributed by atoms with Crippen LogP contribution in [0.4, 0.5) is 10.1 Å². The Kier molecular flexibility index (Phi) is 4.05. The van der Waals surface area contributed by atoms with Crippen molar-refractivity contribution in [1.29, 1.82) is 0 Å². The van der Waals surface area contributed by atoms with Crippen LogP contribution in [0.25, 0.3) is 0 Å². The maximum absolute atomic E-state index is 13.3. The number of ether oxygens (including phenoxy) is 1. The number of halogens is 2. The van der Waals surface area contributed by atoms with E-state index in [-0.39, 0.29) is 10.7 Å². The molecule has 0 spiro atoms. The van der Waals surface area contributed by atoms with Crippen LogP contribution in [0.5, 0.6) is 0 Å². The van der Waals surface area contributed by atoms with Gasteiger partial charge in [-0.2, -0.15) is 0 Å². The van der Waals surface area contributed by atoms with Crippen molar-refractivity contribution in [2.24, 2.45) is 0 Å². The predicted molar refractivity (Wildman–Crippen MR) is 56.5 cm³/mol. The van der Waals surface area contributed by atoms with Crippen molar-refractivity contribution in [1.82, 2.24) is 0 Å². The molecule has 1 rings (SSSR count). The Morgan fingerprint density at radius 1 is 1.60 bits per heavy atom. The summed E-state index contributed by atoms with van der Waals surface area (Å²) in [6.45, 7) is 1.57. The first-order valence-electron chi connectivity index (χ1n) is 4.34. The van der Waals surface area contributed by atoms with E-state index >= 15 is 0 Å². The van der Waals surface area contributed by atoms with Gasteiger partial charge in [-0.05, 0) is 19.1 Å². The fraction of sp³-hybridized carbons (Fsp3) is 0.300. The fourth-order valence-corrected chi connectivity index (χ4v) is 1.12. The van der Waals surface area contributed by atoms with Crippen LogP contribution in [-0.2, 0) is 9.53 Å². The van der Waals surface area contributed by atoms with Crippen LogP contribution in [0.2, 0.25) is 5.02 Å². The molecule has 15 heavy (non-hydrogen) atoms. The van der Waals surface area contributed by atoms with Crippen molar-refractivity contribution in [3.8, 4) is 0 Å². The summed E-state index contributed by atoms with van der Waals surface area (Å²) >= 11 is 5.55. The summed E-state index contributed by atoms with van der Waals surface area (Å²) in [5, 5.41) is 2.35. The lowest BCUT2D eigenvalue weighted by atomic mass is 10.3. The number of rotatable bonds is 3. The van der Waals surface area contributed by atoms with E-state index < -0.39 is 17.8 Å². The minimum absolute atomic E-state index is 0.0298. The molecule has 0 saturated heterocycles. The lowest BCUT2D eigenvalue weighted by molar-refractivity contribution is -0.124. The van der Waals surface area contributed by atoms with E-state index in [1.54, 1.807) is 13.0 Å². The summed E-state index contributed by atoms with van der Waals surface area (Å²) in [7, 11) is 1.40. The van der Waals surface area contributed by atoms with E-state index in [0.717, 1.165) is 0 Å². The van der Waals surface area contributed by atoms with Crippen LogP contribution in [0.15, 0.2) is 18.2 Å². The van der Waals surface area contributed by atoms with Gasteiger partial charge in [0.2, 0.25) is 0 Å². The minimum atomic E-state index is -0.643. The third-order valence-electron chi connectivity index (χ3n) is 1.93. The van der Waals surface area contributed by atoms with Crippen LogP contribution in [0.1, 0.15) is 6.92 Å². The second-order valence-corrected chi connectivity index (χ2v) is 3.38. The highest BCUT2D eigenvalue weighted by atomic mass is 35.5. The van der Waals surface area contributed by atoms with Crippen molar-refractivity contribution >= 4 is 23.2 Å². The third kappa shape index (κ3) is 2.91. The molecule has 1 N–H and O–H groups in total. The number of hydrogen-bond acceptors (Lipinski definition) is 2. The van der Waals surface area contributed by atoms with Gasteiger partial charge in [0.1, 0.15) is 6.10 Å². The van der Waals surface area contributed by atoms with E-state index in [1.807, 2.05) is 0 Å². The first-order valence-corrected chi connectivity index (χ1v) is 4.71. The molecule has 1 atom stereocenters. The molecule has 3 nitrogen and oxygen atoms in total. The molecule has 0 fully saturated rings. The largest absolute Gasteiger partial charge is 0.372 e. The second-order valence-electron chi connectivity index (χ2n) is 2.97. The number of carbonyl (C=O) groups excluding carboxylic acids is 1. The summed E-state index contributed by atoms with van der Waals surface area (Å²) in [6.07, 6.45) is -0.636. The van der Waals surface area contributed by atoms with Crippen molar-refractivity contribution in [2.45, 2.75) is 13.0 Å². The third-order valence-corrected chi connectivity index (χ3v) is 2.22. The van der Waals surface area contributed by atoms with Gasteiger partial charge in [-0.3, -0.25) is 4.79 Å². The molecule has 0 radical (unpaired) electrons. The zero-order valence-electron chi connectivity index (χ0n) is 8.38. The smallest absolute Gasteiger partial charge is 0.253 e. The van der Waals surface area contributed by atoms with E-state index in [1.165, 1.54) is 19.2 Å². The number of amides is 1. The lowest BCUT2D eigenvalue weighted by Crippen LogP contribution is -2.26. The first-order chi connectivity index (χ1) is 7.06. The van der Waals surface area contributed by atoms with Gasteiger partial charge in [0, 0.05) is 7.11 Å². The molecule has 1 unspecified atom stereocenters. The average Bonchev–Trinajstić information content (AvgIpc) is 2.23. The molecular formula is C10H11ClFNO2. The van der Waals surface area contributed by atoms with E-state index in [4.69, 9.17) is 16.3 Å². The van der Waals surface area contributed by atoms with Gasteiger partial charge in [0.05, 0.1) is 10.7 Å². The Balaban J connectivity index is 2.81. The fourth-order valence-electron chi connectivity index (χ4n) is 0.942. The molecule has 0 bridgehead atoms. The van der Waals surface area contributed by atoms with Gasteiger partial charge in [-0.15, -0.1) is 0 Å². The van der Waals surface area contributed by atoms with Crippen molar-refractivity contribution in [3.63, 3.8) is 0 Å². The number of carbonyl (C=O) groups is 1. The molecule has 0 heterocycles. The highest BCUT2D eigenvalue weighted by molar-refractivity contribution is 6.31. The van der Waals surface area contributed by atoms with Gasteiger partial charge < -0.3 is 10.1 Å². The average molecular weight is 232 g/mol. The van der Waals surface area contributed by atoms with Crippen molar-refractivity contribution in [3.05, 3.63) is 29.0 Å². The zero-order chi connectivity index (χ0) is 11.4. The van der Waals surface area contributed by atoms with E-state index in [2.05, 4.69) is 5.32 Å². The van der Waals surface area contributed by atoms with E-state index in [0.29, 0.717) is 0 Å². The molecule has 1 aromatic carbocycles. The summed E-state index contributed by atoms with van der Waals surface area (Å²) in [5.41, 5.74) is 0.0522. The molecule has 1 amide bonds. The molecule has 0 aromatic heterocycles. The number of hydrogen-bond donors (Lipinski definition) is 1. The van der Waals surface area contributed by atoms with Gasteiger partial charge in [0.25, 0.3) is 5.91 Å². The van der Waals surface area contributed by atoms with Crippen LogP contribution in [0, 0.1) is 5.82 Å². The summed E-state index contributed by atoms with van der Waals surface area (Å²) in [4.78, 5) is 11.4. The molecule has 82 valence electrons. The number of methoxy groups -OCH3 is 1. The van der Waals surface area contributed by atoms with Crippen LogP contribution in [0.3, 0.4) is 0 Å². The Bertz CT molecular complexity index is 370. The Labute approximate surface area is 92.2 Å². The molecule has 1 aromatic rings. The zero-order valence-corrected chi connectivity index (χ0v) is 9.14. The minimum Gasteiger partial charge on any atom is -0.372 e. The SMILES string of the molecule is COC(C)C(=O)Nc1cccc(Cl)c1F. The van der Waals surface area contributed by atoms with Crippen LogP contribution in [-0.4, -0.2) is 19.1 Å². The quantitative estimate of drug-likeness (QED) is 0.868. The summed E-state index contributed by atoms with van der Waals surface area (Å²) in [5.74, 6) is -1.06. The molecular weight excluding hydrogens is 221 g/mol. The highest BCUT2D eigenvalue weighted by Crippen LogP contribution is 2.22. The molecule has 5 heteroatoms. The summed E-state index contributed by atoms with van der Waals surface area (Å²) in [6, 6.07) is 4.40. The van der Waals surface area contributed by atoms with Crippen LogP contribution < -0.4 is 5.32 Å². The number of anilines is 1. The molecule has 0 aliphatic heterocycles. The van der Waals surface area contributed by atoms with Crippen molar-refractivity contribution in [2.75, 3.05) is 12.4 Å². The predicted octanol–water partition coefficient (Wildman–Crippen LogP) is 2.45. The van der Waals surface area contributed by atoms with E-state index in [9.17, 15) is 9.18 Å². The standard InChI is InChI=1S/C10H11ClFNO2/c1-6(15-2)10(14)13-8-5-3-4-7(11)9(8)12/h3-6H,1-2H3,(H,13,14). The molecule has 0 aliphatic rings. The first kappa shape index (κ1) is 11.9. The Morgan fingerprint density at radius 3 is 2.87 bits per heavy atom. The monoisotopic (exact) mass is 231 g/mol. The maximum atomic E-state index is 13.3. The number of benzene rings is 1. The molecule has 0 aliphatic carbocycles. The van der Waals surface area contributed by atoms with Gasteiger partial charge in [0.15, 0.2) is 5.82 Å². The number of nitrogens with one attached hydrogen (secondary N) is 1. The summed E-state index contributed by atoms with van der Waals surface area (Å²) < 4.78 is 18.1. The normalized spacial score (nSPS) is 12.3. The van der Waals surface area contributed by atoms with Gasteiger partial charge in [-0.25, -0.2) is 4.39 Å². The highest BCUT2D eigenvalue weighted by Gasteiger charge is 2.14. The van der Waals surface area contributed by atoms with Crippen LogP contribution >= 0.6 is 11.6 Å². The maximum Gasteiger partial charge on any atom is 0.253 e. The van der Waals surface area contributed by atoms with Gasteiger partial charge >= 0.3 is 0 Å². The Hall–Kier alpha value is -1.13. The lowest BCUT2D eigenvalue weighted by Gasteiger charge is -2.11. The Morgan fingerprint density at radius 2 is 2.27 bits per heavy atom.